The van der Waals surface area contributed by atoms with E-state index < -0.39 is 11.7 Å². The fraction of sp³-hybridized carbons (Fsp3) is 0. The number of rotatable bonds is 3. The molecule has 1 amide bonds. The molecule has 0 saturated carbocycles. The molecule has 0 aliphatic carbocycles. The summed E-state index contributed by atoms with van der Waals surface area (Å²) in [6, 6.07) is 7.50. The first-order chi connectivity index (χ1) is 11.1. The van der Waals surface area contributed by atoms with Gasteiger partial charge in [-0.1, -0.05) is 0 Å². The molecule has 0 bridgehead atoms. The smallest absolute Gasteiger partial charge is 0.275 e. The van der Waals surface area contributed by atoms with Crippen LogP contribution in [0.25, 0.3) is 9.88 Å². The van der Waals surface area contributed by atoms with Gasteiger partial charge in [0.1, 0.15) is 22.6 Å². The second-order valence-corrected chi connectivity index (χ2v) is 7.11. The molecule has 0 radical (unpaired) electrons. The van der Waals surface area contributed by atoms with Gasteiger partial charge in [-0.25, -0.2) is 9.37 Å². The van der Waals surface area contributed by atoms with E-state index in [9.17, 15) is 9.18 Å². The molecule has 0 unspecified atom stereocenters. The number of nitrogens with one attached hydrogen (secondary N) is 1. The average molecular weight is 408 g/mol. The SMILES string of the molecule is N#Cc1cc(NC(=O)c2csc(-c3cc(Br)cs3)n2)ccc1F. The Morgan fingerprint density at radius 2 is 2.13 bits per heavy atom. The third-order valence-corrected chi connectivity index (χ3v) is 5.56. The van der Waals surface area contributed by atoms with Gasteiger partial charge in [0.15, 0.2) is 0 Å². The molecule has 2 heterocycles. The first kappa shape index (κ1) is 15.8. The number of nitrogens with zero attached hydrogens (tertiary/aromatic N) is 2. The number of carbonyl (C=O) groups excluding carboxylic acids is 1. The summed E-state index contributed by atoms with van der Waals surface area (Å²) in [5.74, 6) is -1.02. The molecule has 114 valence electrons. The molecule has 0 spiro atoms. The molecule has 4 nitrogen and oxygen atoms in total. The fourth-order valence-corrected chi connectivity index (χ4v) is 4.11. The lowest BCUT2D eigenvalue weighted by atomic mass is 10.2. The Bertz CT molecular complexity index is 929. The number of thiophene rings is 1. The molecule has 2 aromatic heterocycles. The van der Waals surface area contributed by atoms with Gasteiger partial charge in [-0.15, -0.1) is 22.7 Å². The van der Waals surface area contributed by atoms with Gasteiger partial charge >= 0.3 is 0 Å². The van der Waals surface area contributed by atoms with Crippen molar-refractivity contribution >= 4 is 50.2 Å². The number of aromatic nitrogens is 1. The highest BCUT2D eigenvalue weighted by molar-refractivity contribution is 9.10. The van der Waals surface area contributed by atoms with Crippen molar-refractivity contribution in [3.63, 3.8) is 0 Å². The molecule has 23 heavy (non-hydrogen) atoms. The largest absolute Gasteiger partial charge is 0.321 e. The summed E-state index contributed by atoms with van der Waals surface area (Å²) in [5.41, 5.74) is 0.504. The standard InChI is InChI=1S/C15H7BrFN3OS2/c16-9-4-13(22-6-9)15-20-12(7-23-15)14(21)19-10-1-2-11(17)8(3-10)5-18/h1-4,6-7H,(H,19,21). The molecular weight excluding hydrogens is 401 g/mol. The van der Waals surface area contributed by atoms with Gasteiger partial charge in [0.25, 0.3) is 5.91 Å². The molecule has 3 rings (SSSR count). The number of hydrogen-bond donors (Lipinski definition) is 1. The summed E-state index contributed by atoms with van der Waals surface area (Å²) in [4.78, 5) is 17.5. The van der Waals surface area contributed by atoms with E-state index in [4.69, 9.17) is 5.26 Å². The number of halogens is 2. The molecule has 0 atom stereocenters. The van der Waals surface area contributed by atoms with Gasteiger partial charge in [0, 0.05) is 20.9 Å². The van der Waals surface area contributed by atoms with E-state index in [-0.39, 0.29) is 11.3 Å². The zero-order valence-corrected chi connectivity index (χ0v) is 14.6. The van der Waals surface area contributed by atoms with Crippen molar-refractivity contribution in [2.45, 2.75) is 0 Å². The van der Waals surface area contributed by atoms with Gasteiger partial charge in [-0.2, -0.15) is 5.26 Å². The van der Waals surface area contributed by atoms with Crippen molar-refractivity contribution < 1.29 is 9.18 Å². The van der Waals surface area contributed by atoms with E-state index in [1.165, 1.54) is 34.8 Å². The predicted octanol–water partition coefficient (Wildman–Crippen LogP) is 4.90. The molecule has 3 aromatic rings. The molecule has 0 aliphatic heterocycles. The number of thiazole rings is 1. The molecule has 0 fully saturated rings. The zero-order valence-electron chi connectivity index (χ0n) is 11.3. The van der Waals surface area contributed by atoms with Gasteiger partial charge < -0.3 is 5.32 Å². The van der Waals surface area contributed by atoms with Crippen LogP contribution in [0.15, 0.2) is 39.5 Å². The van der Waals surface area contributed by atoms with Crippen molar-refractivity contribution in [2.24, 2.45) is 0 Å². The van der Waals surface area contributed by atoms with Crippen LogP contribution in [-0.4, -0.2) is 10.9 Å². The maximum Gasteiger partial charge on any atom is 0.275 e. The summed E-state index contributed by atoms with van der Waals surface area (Å²) in [6.07, 6.45) is 0. The minimum Gasteiger partial charge on any atom is -0.321 e. The van der Waals surface area contributed by atoms with E-state index in [0.29, 0.717) is 5.69 Å². The van der Waals surface area contributed by atoms with E-state index in [2.05, 4.69) is 26.2 Å². The number of amides is 1. The highest BCUT2D eigenvalue weighted by Gasteiger charge is 2.14. The summed E-state index contributed by atoms with van der Waals surface area (Å²) < 4.78 is 14.2. The van der Waals surface area contributed by atoms with Crippen LogP contribution in [0.4, 0.5) is 10.1 Å². The molecule has 0 saturated heterocycles. The zero-order chi connectivity index (χ0) is 16.4. The highest BCUT2D eigenvalue weighted by atomic mass is 79.9. The third-order valence-electron chi connectivity index (χ3n) is 2.86. The first-order valence-electron chi connectivity index (χ1n) is 6.28. The van der Waals surface area contributed by atoms with Crippen molar-refractivity contribution in [2.75, 3.05) is 5.32 Å². The molecule has 1 aromatic carbocycles. The Morgan fingerprint density at radius 3 is 2.83 bits per heavy atom. The second-order valence-electron chi connectivity index (χ2n) is 4.43. The Hall–Kier alpha value is -2.08. The number of benzene rings is 1. The molecular formula is C15H7BrFN3OS2. The number of hydrogen-bond acceptors (Lipinski definition) is 5. The van der Waals surface area contributed by atoms with E-state index >= 15 is 0 Å². The van der Waals surface area contributed by atoms with Crippen molar-refractivity contribution in [3.8, 4) is 16.0 Å². The van der Waals surface area contributed by atoms with Crippen molar-refractivity contribution in [3.05, 3.63) is 56.6 Å². The number of anilines is 1. The van der Waals surface area contributed by atoms with Crippen molar-refractivity contribution in [1.29, 1.82) is 5.26 Å². The average Bonchev–Trinajstić information content (AvgIpc) is 3.18. The maximum absolute atomic E-state index is 13.3. The predicted molar refractivity (Wildman–Crippen MR) is 92.2 cm³/mol. The van der Waals surface area contributed by atoms with Crippen LogP contribution in [0.1, 0.15) is 16.1 Å². The first-order valence-corrected chi connectivity index (χ1v) is 8.83. The monoisotopic (exact) mass is 407 g/mol. The van der Waals surface area contributed by atoms with Crippen LogP contribution in [0.3, 0.4) is 0 Å². The van der Waals surface area contributed by atoms with E-state index in [0.717, 1.165) is 20.4 Å². The number of carbonyl (C=O) groups is 1. The van der Waals surface area contributed by atoms with E-state index in [1.807, 2.05) is 11.4 Å². The molecule has 1 N–H and O–H groups in total. The molecule has 0 aliphatic rings. The van der Waals surface area contributed by atoms with Crippen LogP contribution in [-0.2, 0) is 0 Å². The quantitative estimate of drug-likeness (QED) is 0.671. The van der Waals surface area contributed by atoms with Gasteiger partial charge in [0.05, 0.1) is 10.4 Å². The molecule has 8 heteroatoms. The Balaban J connectivity index is 1.79. The minimum atomic E-state index is -0.621. The normalized spacial score (nSPS) is 10.3. The van der Waals surface area contributed by atoms with E-state index in [1.54, 1.807) is 11.4 Å². The second kappa shape index (κ2) is 6.58. The topological polar surface area (TPSA) is 65.8 Å². The number of nitriles is 1. The van der Waals surface area contributed by atoms with Crippen LogP contribution in [0, 0.1) is 17.1 Å². The summed E-state index contributed by atoms with van der Waals surface area (Å²) >= 11 is 6.28. The van der Waals surface area contributed by atoms with Gasteiger partial charge in [0.2, 0.25) is 0 Å². The van der Waals surface area contributed by atoms with Gasteiger partial charge in [-0.05, 0) is 40.2 Å². The van der Waals surface area contributed by atoms with Crippen LogP contribution >= 0.6 is 38.6 Å². The van der Waals surface area contributed by atoms with Gasteiger partial charge in [-0.3, -0.25) is 4.79 Å². The lowest BCUT2D eigenvalue weighted by Crippen LogP contribution is -2.12. The van der Waals surface area contributed by atoms with Crippen molar-refractivity contribution in [1.82, 2.24) is 4.98 Å². The summed E-state index contributed by atoms with van der Waals surface area (Å²) in [5, 5.41) is 15.8. The Morgan fingerprint density at radius 1 is 1.30 bits per heavy atom. The Labute approximate surface area is 147 Å². The lowest BCUT2D eigenvalue weighted by Gasteiger charge is -2.03. The highest BCUT2D eigenvalue weighted by Crippen LogP contribution is 2.32. The Kier molecular flexibility index (Phi) is 4.52. The third kappa shape index (κ3) is 3.47. The lowest BCUT2D eigenvalue weighted by molar-refractivity contribution is 0.102. The minimum absolute atomic E-state index is 0.120. The summed E-state index contributed by atoms with van der Waals surface area (Å²) in [7, 11) is 0. The maximum atomic E-state index is 13.3. The fourth-order valence-electron chi connectivity index (χ4n) is 1.80. The van der Waals surface area contributed by atoms with Crippen LogP contribution in [0.5, 0.6) is 0 Å². The van der Waals surface area contributed by atoms with Crippen LogP contribution < -0.4 is 5.32 Å². The van der Waals surface area contributed by atoms with Crippen LogP contribution in [0.2, 0.25) is 0 Å². The summed E-state index contributed by atoms with van der Waals surface area (Å²) in [6.45, 7) is 0.